The van der Waals surface area contributed by atoms with Gasteiger partial charge in [-0.15, -0.1) is 0 Å². The molecule has 33 heavy (non-hydrogen) atoms. The maximum Gasteiger partial charge on any atom is 0.281 e. The molecule has 2 unspecified atom stereocenters. The van der Waals surface area contributed by atoms with E-state index in [-0.39, 0.29) is 11.8 Å². The van der Waals surface area contributed by atoms with E-state index in [1.165, 1.54) is 6.42 Å². The normalized spacial score (nSPS) is 30.6. The summed E-state index contributed by atoms with van der Waals surface area (Å²) >= 11 is 0. The van der Waals surface area contributed by atoms with Crippen LogP contribution in [0, 0.1) is 17.8 Å². The maximum atomic E-state index is 13.1. The van der Waals surface area contributed by atoms with E-state index in [4.69, 9.17) is 9.47 Å². The molecule has 190 valence electrons. The number of piperidine rings is 3. The van der Waals surface area contributed by atoms with Crippen LogP contribution >= 0.6 is 0 Å². The first-order chi connectivity index (χ1) is 15.8. The number of nitrogens with one attached hydrogen (secondary N) is 1. The number of carbonyl (C=O) groups excluding carboxylic acids is 1. The SMILES string of the molecule is CC1CC(C)CN(CCCNC(=O)C2CCN(S(=O)(=O)N3CCC4(CC3)OCCO4)CC2)C1. The molecule has 4 aliphatic rings. The van der Waals surface area contributed by atoms with E-state index < -0.39 is 16.0 Å². The van der Waals surface area contributed by atoms with Crippen molar-refractivity contribution < 1.29 is 22.7 Å². The highest BCUT2D eigenvalue weighted by molar-refractivity contribution is 7.86. The van der Waals surface area contributed by atoms with Gasteiger partial charge in [-0.25, -0.2) is 0 Å². The molecule has 10 heteroatoms. The Morgan fingerprint density at radius 3 is 2.15 bits per heavy atom. The van der Waals surface area contributed by atoms with Gasteiger partial charge >= 0.3 is 0 Å². The summed E-state index contributed by atoms with van der Waals surface area (Å²) in [7, 11) is -3.50. The van der Waals surface area contributed by atoms with Gasteiger partial charge in [0.1, 0.15) is 0 Å². The monoisotopic (exact) mass is 486 g/mol. The van der Waals surface area contributed by atoms with Crippen LogP contribution in [0.25, 0.3) is 0 Å². The number of likely N-dealkylation sites (tertiary alicyclic amines) is 1. The summed E-state index contributed by atoms with van der Waals surface area (Å²) in [6.07, 6.45) is 4.57. The van der Waals surface area contributed by atoms with Crippen LogP contribution in [-0.2, 0) is 24.5 Å². The molecule has 0 aliphatic carbocycles. The van der Waals surface area contributed by atoms with Gasteiger partial charge in [0.25, 0.3) is 10.2 Å². The molecular formula is C23H42N4O5S. The molecule has 4 saturated heterocycles. The summed E-state index contributed by atoms with van der Waals surface area (Å²) in [5.41, 5.74) is 0. The van der Waals surface area contributed by atoms with Crippen LogP contribution in [0.3, 0.4) is 0 Å². The zero-order valence-corrected chi connectivity index (χ0v) is 21.2. The zero-order chi connectivity index (χ0) is 23.5. The number of rotatable bonds is 7. The minimum absolute atomic E-state index is 0.0721. The van der Waals surface area contributed by atoms with Gasteiger partial charge in [0.05, 0.1) is 13.2 Å². The standard InChI is InChI=1S/C23H42N4O5S/c1-19-16-20(2)18-25(17-19)9-3-8-24-22(28)21-4-10-26(11-5-21)33(29,30)27-12-6-23(7-13-27)31-14-15-32-23/h19-21H,3-18H2,1-2H3,(H,24,28). The van der Waals surface area contributed by atoms with Crippen molar-refractivity contribution in [1.29, 1.82) is 0 Å². The molecule has 9 nitrogen and oxygen atoms in total. The summed E-state index contributed by atoms with van der Waals surface area (Å²) in [6.45, 7) is 11.5. The molecule has 0 aromatic carbocycles. The maximum absolute atomic E-state index is 13.1. The molecule has 1 spiro atoms. The topological polar surface area (TPSA) is 91.4 Å². The smallest absolute Gasteiger partial charge is 0.281 e. The Labute approximate surface area is 199 Å². The van der Waals surface area contributed by atoms with Crippen molar-refractivity contribution in [3.8, 4) is 0 Å². The summed E-state index contributed by atoms with van der Waals surface area (Å²) in [4.78, 5) is 15.1. The molecule has 1 amide bonds. The van der Waals surface area contributed by atoms with Crippen LogP contribution in [0.15, 0.2) is 0 Å². The van der Waals surface area contributed by atoms with Gasteiger partial charge in [-0.1, -0.05) is 13.8 Å². The lowest BCUT2D eigenvalue weighted by Crippen LogP contribution is -2.53. The highest BCUT2D eigenvalue weighted by atomic mass is 32.2. The molecule has 4 aliphatic heterocycles. The van der Waals surface area contributed by atoms with Crippen LogP contribution in [0.5, 0.6) is 0 Å². The van der Waals surface area contributed by atoms with Gasteiger partial charge < -0.3 is 19.7 Å². The zero-order valence-electron chi connectivity index (χ0n) is 20.3. The first kappa shape index (κ1) is 25.3. The molecule has 4 heterocycles. The summed E-state index contributed by atoms with van der Waals surface area (Å²) in [5, 5.41) is 3.09. The van der Waals surface area contributed by atoms with Gasteiger partial charge in [0, 0.05) is 64.6 Å². The Balaban J connectivity index is 1.15. The second kappa shape index (κ2) is 10.9. The molecule has 1 N–H and O–H groups in total. The third-order valence-corrected chi connectivity index (χ3v) is 9.71. The molecule has 4 fully saturated rings. The van der Waals surface area contributed by atoms with E-state index in [0.717, 1.165) is 37.9 Å². The Bertz CT molecular complexity index is 745. The van der Waals surface area contributed by atoms with Crippen molar-refractivity contribution in [3.05, 3.63) is 0 Å². The molecular weight excluding hydrogens is 444 g/mol. The fourth-order valence-corrected chi connectivity index (χ4v) is 7.63. The molecule has 0 aromatic rings. The van der Waals surface area contributed by atoms with Crippen LogP contribution < -0.4 is 5.32 Å². The predicted molar refractivity (Wildman–Crippen MR) is 126 cm³/mol. The van der Waals surface area contributed by atoms with Crippen molar-refractivity contribution in [3.63, 3.8) is 0 Å². The van der Waals surface area contributed by atoms with Crippen molar-refractivity contribution in [2.75, 3.05) is 65.6 Å². The highest BCUT2D eigenvalue weighted by Gasteiger charge is 2.44. The summed E-state index contributed by atoms with van der Waals surface area (Å²) < 4.78 is 40.7. The summed E-state index contributed by atoms with van der Waals surface area (Å²) in [6, 6.07) is 0. The van der Waals surface area contributed by atoms with Crippen LogP contribution in [0.2, 0.25) is 0 Å². The first-order valence-corrected chi connectivity index (χ1v) is 14.2. The van der Waals surface area contributed by atoms with E-state index in [1.807, 2.05) is 0 Å². The molecule has 0 bridgehead atoms. The Morgan fingerprint density at radius 1 is 0.970 bits per heavy atom. The number of hydrogen-bond acceptors (Lipinski definition) is 6. The lowest BCUT2D eigenvalue weighted by molar-refractivity contribution is -0.179. The average Bonchev–Trinajstić information content (AvgIpc) is 3.24. The van der Waals surface area contributed by atoms with Crippen molar-refractivity contribution in [2.24, 2.45) is 17.8 Å². The van der Waals surface area contributed by atoms with Crippen molar-refractivity contribution >= 4 is 16.1 Å². The van der Waals surface area contributed by atoms with Crippen LogP contribution in [0.4, 0.5) is 0 Å². The first-order valence-electron chi connectivity index (χ1n) is 12.8. The van der Waals surface area contributed by atoms with Crippen LogP contribution in [0.1, 0.15) is 52.4 Å². The average molecular weight is 487 g/mol. The van der Waals surface area contributed by atoms with E-state index in [9.17, 15) is 13.2 Å². The van der Waals surface area contributed by atoms with Gasteiger partial charge in [-0.3, -0.25) is 4.79 Å². The molecule has 0 saturated carbocycles. The molecule has 0 radical (unpaired) electrons. The van der Waals surface area contributed by atoms with E-state index in [2.05, 4.69) is 24.1 Å². The lowest BCUT2D eigenvalue weighted by Gasteiger charge is -2.40. The van der Waals surface area contributed by atoms with E-state index in [1.54, 1.807) is 8.61 Å². The third kappa shape index (κ3) is 6.27. The minimum atomic E-state index is -3.50. The number of hydrogen-bond donors (Lipinski definition) is 1. The van der Waals surface area contributed by atoms with Gasteiger partial charge in [0.2, 0.25) is 5.91 Å². The van der Waals surface area contributed by atoms with Crippen molar-refractivity contribution in [2.45, 2.75) is 58.2 Å². The predicted octanol–water partition coefficient (Wildman–Crippen LogP) is 1.27. The lowest BCUT2D eigenvalue weighted by atomic mass is 9.92. The fourth-order valence-electron chi connectivity index (χ4n) is 5.99. The number of carbonyl (C=O) groups is 1. The Kier molecular flexibility index (Phi) is 8.34. The number of ether oxygens (including phenoxy) is 2. The Hall–Kier alpha value is -0.780. The molecule has 2 atom stereocenters. The van der Waals surface area contributed by atoms with E-state index in [0.29, 0.717) is 71.6 Å². The van der Waals surface area contributed by atoms with Gasteiger partial charge in [0.15, 0.2) is 5.79 Å². The quantitative estimate of drug-likeness (QED) is 0.545. The largest absolute Gasteiger partial charge is 0.356 e. The molecule has 4 rings (SSSR count). The Morgan fingerprint density at radius 2 is 1.55 bits per heavy atom. The number of amides is 1. The minimum Gasteiger partial charge on any atom is -0.356 e. The van der Waals surface area contributed by atoms with Crippen molar-refractivity contribution in [1.82, 2.24) is 18.8 Å². The summed E-state index contributed by atoms with van der Waals surface area (Å²) in [5.74, 6) is 0.890. The highest BCUT2D eigenvalue weighted by Crippen LogP contribution is 2.33. The second-order valence-electron chi connectivity index (χ2n) is 10.5. The van der Waals surface area contributed by atoms with Gasteiger partial charge in [-0.05, 0) is 44.1 Å². The fraction of sp³-hybridized carbons (Fsp3) is 0.957. The number of nitrogens with zero attached hydrogens (tertiary/aromatic N) is 3. The van der Waals surface area contributed by atoms with Crippen LogP contribution in [-0.4, -0.2) is 99.2 Å². The second-order valence-corrected chi connectivity index (χ2v) is 12.5. The van der Waals surface area contributed by atoms with Gasteiger partial charge in [-0.2, -0.15) is 17.0 Å². The molecule has 0 aromatic heterocycles. The van der Waals surface area contributed by atoms with E-state index >= 15 is 0 Å². The third-order valence-electron chi connectivity index (χ3n) is 7.67.